The van der Waals surface area contributed by atoms with E-state index in [0.717, 1.165) is 23.1 Å². The average Bonchev–Trinajstić information content (AvgIpc) is 3.36. The summed E-state index contributed by atoms with van der Waals surface area (Å²) in [6.45, 7) is 9.22. The zero-order valence-corrected chi connectivity index (χ0v) is 19.6. The largest absolute Gasteiger partial charge is 0.444 e. The minimum absolute atomic E-state index is 0.0256. The lowest BCUT2D eigenvalue weighted by atomic mass is 10.0. The van der Waals surface area contributed by atoms with Crippen LogP contribution in [0.1, 0.15) is 50.3 Å². The van der Waals surface area contributed by atoms with Crippen molar-refractivity contribution in [2.45, 2.75) is 68.2 Å². The van der Waals surface area contributed by atoms with E-state index in [0.29, 0.717) is 0 Å². The fraction of sp³-hybridized carbons (Fsp3) is 0.458. The zero-order chi connectivity index (χ0) is 23.0. The summed E-state index contributed by atoms with van der Waals surface area (Å²) >= 11 is 0. The summed E-state index contributed by atoms with van der Waals surface area (Å²) in [6.07, 6.45) is 0.212. The Bertz CT molecular complexity index is 1040. The molecule has 1 amide bonds. The summed E-state index contributed by atoms with van der Waals surface area (Å²) in [7, 11) is -3.75. The van der Waals surface area contributed by atoms with Gasteiger partial charge in [-0.1, -0.05) is 48.9 Å². The molecule has 0 spiro atoms. The average molecular weight is 445 g/mol. The highest BCUT2D eigenvalue weighted by atomic mass is 32.2. The van der Waals surface area contributed by atoms with Gasteiger partial charge in [-0.2, -0.15) is 0 Å². The summed E-state index contributed by atoms with van der Waals surface area (Å²) in [5.41, 5.74) is 7.23. The van der Waals surface area contributed by atoms with Crippen molar-refractivity contribution in [1.29, 1.82) is 0 Å². The van der Waals surface area contributed by atoms with Crippen LogP contribution >= 0.6 is 0 Å². The van der Waals surface area contributed by atoms with Crippen molar-refractivity contribution in [2.24, 2.45) is 5.73 Å². The molecule has 0 radical (unpaired) electrons. The Morgan fingerprint density at radius 3 is 2.16 bits per heavy atom. The first kappa shape index (κ1) is 23.3. The van der Waals surface area contributed by atoms with Crippen molar-refractivity contribution in [2.75, 3.05) is 6.54 Å². The highest BCUT2D eigenvalue weighted by molar-refractivity contribution is 7.92. The lowest BCUT2D eigenvalue weighted by Crippen LogP contribution is -2.49. The van der Waals surface area contributed by atoms with Crippen LogP contribution in [-0.4, -0.2) is 37.4 Å². The Morgan fingerprint density at radius 1 is 1.10 bits per heavy atom. The quantitative estimate of drug-likeness (QED) is 0.708. The fourth-order valence-corrected chi connectivity index (χ4v) is 6.45. The molecule has 7 heteroatoms. The Morgan fingerprint density at radius 2 is 1.68 bits per heavy atom. The number of aryl methyl sites for hydroxylation is 2. The van der Waals surface area contributed by atoms with E-state index in [2.05, 4.69) is 12.2 Å². The van der Waals surface area contributed by atoms with Gasteiger partial charge in [-0.05, 0) is 57.4 Å². The third-order valence-electron chi connectivity index (χ3n) is 5.76. The molecule has 3 atom stereocenters. The molecule has 1 aliphatic carbocycles. The number of carbonyl (C=O) groups is 1. The molecule has 0 bridgehead atoms. The van der Waals surface area contributed by atoms with Gasteiger partial charge in [-0.15, -0.1) is 0 Å². The third-order valence-corrected chi connectivity index (χ3v) is 8.05. The molecular formula is C24H32N2O4S. The molecule has 1 aliphatic rings. The maximum absolute atomic E-state index is 13.6. The number of hydrogen-bond donors (Lipinski definition) is 2. The molecule has 0 aromatic heterocycles. The van der Waals surface area contributed by atoms with E-state index in [1.54, 1.807) is 45.0 Å². The van der Waals surface area contributed by atoms with Crippen molar-refractivity contribution in [3.8, 4) is 0 Å². The van der Waals surface area contributed by atoms with Crippen LogP contribution in [0.25, 0.3) is 0 Å². The van der Waals surface area contributed by atoms with Crippen molar-refractivity contribution in [3.63, 3.8) is 0 Å². The standard InChI is InChI=1S/C24H32N2O4S/c1-6-17-9-11-18(12-10-17)20-21(31(28,29)19-13-7-16(2)8-14-19)24(20,15-25)26-22(27)30-23(3,4)5/h7-14,20-21H,6,15,25H2,1-5H3,(H,26,27). The highest BCUT2D eigenvalue weighted by Gasteiger charge is 2.71. The Hall–Kier alpha value is -2.38. The van der Waals surface area contributed by atoms with Gasteiger partial charge in [0, 0.05) is 12.5 Å². The zero-order valence-electron chi connectivity index (χ0n) is 18.8. The number of benzene rings is 2. The summed E-state index contributed by atoms with van der Waals surface area (Å²) in [5, 5.41) is 1.94. The Labute approximate surface area is 185 Å². The number of amides is 1. The van der Waals surface area contributed by atoms with Crippen molar-refractivity contribution in [1.82, 2.24) is 5.32 Å². The van der Waals surface area contributed by atoms with E-state index in [1.165, 1.54) is 0 Å². The summed E-state index contributed by atoms with van der Waals surface area (Å²) in [6, 6.07) is 14.6. The van der Waals surface area contributed by atoms with E-state index < -0.39 is 38.2 Å². The van der Waals surface area contributed by atoms with E-state index in [9.17, 15) is 13.2 Å². The van der Waals surface area contributed by atoms with Gasteiger partial charge in [0.2, 0.25) is 0 Å². The second-order valence-electron chi connectivity index (χ2n) is 9.22. The minimum atomic E-state index is -3.75. The van der Waals surface area contributed by atoms with E-state index in [-0.39, 0.29) is 11.4 Å². The first-order chi connectivity index (χ1) is 14.4. The summed E-state index contributed by atoms with van der Waals surface area (Å²) in [5.74, 6) is -0.470. The predicted molar refractivity (Wildman–Crippen MR) is 122 cm³/mol. The van der Waals surface area contributed by atoms with E-state index >= 15 is 0 Å². The Balaban J connectivity index is 2.03. The molecule has 3 rings (SSSR count). The van der Waals surface area contributed by atoms with E-state index in [1.807, 2.05) is 31.2 Å². The number of rotatable bonds is 6. The predicted octanol–water partition coefficient (Wildman–Crippen LogP) is 3.72. The molecule has 31 heavy (non-hydrogen) atoms. The van der Waals surface area contributed by atoms with Gasteiger partial charge in [-0.3, -0.25) is 0 Å². The molecule has 168 valence electrons. The minimum Gasteiger partial charge on any atom is -0.444 e. The maximum Gasteiger partial charge on any atom is 0.408 e. The van der Waals surface area contributed by atoms with Gasteiger partial charge < -0.3 is 15.8 Å². The molecule has 6 nitrogen and oxygen atoms in total. The number of nitrogens with two attached hydrogens (primary N) is 1. The molecule has 2 aromatic rings. The van der Waals surface area contributed by atoms with Gasteiger partial charge in [0.1, 0.15) is 10.9 Å². The smallest absolute Gasteiger partial charge is 0.408 e. The monoisotopic (exact) mass is 444 g/mol. The first-order valence-corrected chi connectivity index (χ1v) is 12.1. The lowest BCUT2D eigenvalue weighted by Gasteiger charge is -2.24. The van der Waals surface area contributed by atoms with Crippen LogP contribution in [0.5, 0.6) is 0 Å². The molecule has 3 unspecified atom stereocenters. The molecule has 1 saturated carbocycles. The molecule has 0 saturated heterocycles. The Kier molecular flexibility index (Phi) is 6.22. The van der Waals surface area contributed by atoms with Gasteiger partial charge in [-0.25, -0.2) is 13.2 Å². The molecule has 0 aliphatic heterocycles. The molecule has 3 N–H and O–H groups in total. The maximum atomic E-state index is 13.6. The molecule has 1 fully saturated rings. The number of alkyl carbamates (subject to hydrolysis) is 1. The second-order valence-corrected chi connectivity index (χ2v) is 11.3. The van der Waals surface area contributed by atoms with Crippen LogP contribution in [0.2, 0.25) is 0 Å². The van der Waals surface area contributed by atoms with Crippen LogP contribution in [0, 0.1) is 6.92 Å². The third kappa shape index (κ3) is 4.62. The van der Waals surface area contributed by atoms with Crippen LogP contribution in [0.3, 0.4) is 0 Å². The number of sulfone groups is 1. The van der Waals surface area contributed by atoms with Crippen molar-refractivity contribution in [3.05, 3.63) is 65.2 Å². The fourth-order valence-electron chi connectivity index (χ4n) is 4.10. The topological polar surface area (TPSA) is 98.5 Å². The second kappa shape index (κ2) is 8.28. The van der Waals surface area contributed by atoms with Crippen LogP contribution in [-0.2, 0) is 21.0 Å². The SMILES string of the molecule is CCc1ccc(C2C(S(=O)(=O)c3ccc(C)cc3)C2(CN)NC(=O)OC(C)(C)C)cc1. The van der Waals surface area contributed by atoms with Crippen LogP contribution in [0.15, 0.2) is 53.4 Å². The first-order valence-electron chi connectivity index (χ1n) is 10.6. The van der Waals surface area contributed by atoms with E-state index in [4.69, 9.17) is 10.5 Å². The molecule has 0 heterocycles. The normalized spacial score (nSPS) is 23.3. The number of hydrogen-bond acceptors (Lipinski definition) is 5. The highest BCUT2D eigenvalue weighted by Crippen LogP contribution is 2.57. The van der Waals surface area contributed by atoms with Gasteiger partial charge in [0.25, 0.3) is 0 Å². The van der Waals surface area contributed by atoms with Crippen molar-refractivity contribution < 1.29 is 17.9 Å². The van der Waals surface area contributed by atoms with Gasteiger partial charge in [0.15, 0.2) is 9.84 Å². The lowest BCUT2D eigenvalue weighted by molar-refractivity contribution is 0.0497. The number of ether oxygens (including phenoxy) is 1. The molecular weight excluding hydrogens is 412 g/mol. The van der Waals surface area contributed by atoms with Gasteiger partial charge in [0.05, 0.1) is 10.4 Å². The van der Waals surface area contributed by atoms with Crippen molar-refractivity contribution >= 4 is 15.9 Å². The summed E-state index contributed by atoms with van der Waals surface area (Å²) in [4.78, 5) is 12.8. The number of nitrogens with one attached hydrogen (secondary N) is 1. The molecule has 2 aromatic carbocycles. The van der Waals surface area contributed by atoms with Gasteiger partial charge >= 0.3 is 6.09 Å². The number of carbonyl (C=O) groups excluding carboxylic acids is 1. The van der Waals surface area contributed by atoms with Crippen LogP contribution < -0.4 is 11.1 Å². The summed E-state index contributed by atoms with van der Waals surface area (Å²) < 4.78 is 32.6. The van der Waals surface area contributed by atoms with Crippen LogP contribution in [0.4, 0.5) is 4.79 Å².